The molecule has 0 spiro atoms. The van der Waals surface area contributed by atoms with Crippen LogP contribution in [0.2, 0.25) is 0 Å². The largest absolute Gasteiger partial charge is 0.497 e. The highest BCUT2D eigenvalue weighted by Crippen LogP contribution is 2.38. The number of nitrogens with zero attached hydrogens (tertiary/aromatic N) is 2. The number of likely N-dealkylation sites (N-methyl/N-ethyl adjacent to an activating group) is 1. The van der Waals surface area contributed by atoms with E-state index < -0.39 is 0 Å². The molecule has 5 nitrogen and oxygen atoms in total. The number of rotatable bonds is 6. The lowest BCUT2D eigenvalue weighted by Gasteiger charge is -2.22. The van der Waals surface area contributed by atoms with Gasteiger partial charge in [0.05, 0.1) is 35.5 Å². The van der Waals surface area contributed by atoms with Gasteiger partial charge in [-0.25, -0.2) is 4.99 Å². The number of carbonyl (C=O) groups is 1. The van der Waals surface area contributed by atoms with Crippen molar-refractivity contribution in [1.82, 2.24) is 4.90 Å². The number of amides is 1. The SMILES string of the molecule is CCN(CC)C(=O)/C(=C1/Nc2c(C)cccc2C1=Nc1ccccc1C)c1ccc(OC)cc1. The molecule has 0 unspecified atom stereocenters. The number of aryl methyl sites for hydroxylation is 2. The van der Waals surface area contributed by atoms with Crippen molar-refractivity contribution in [2.75, 3.05) is 25.5 Å². The molecule has 1 aliphatic heterocycles. The van der Waals surface area contributed by atoms with E-state index in [9.17, 15) is 4.79 Å². The lowest BCUT2D eigenvalue weighted by atomic mass is 9.98. The molecule has 3 aromatic rings. The molecule has 4 rings (SSSR count). The summed E-state index contributed by atoms with van der Waals surface area (Å²) in [6, 6.07) is 21.9. The van der Waals surface area contributed by atoms with Crippen molar-refractivity contribution in [3.63, 3.8) is 0 Å². The predicted octanol–water partition coefficient (Wildman–Crippen LogP) is 6.14. The average Bonchev–Trinajstić information content (AvgIpc) is 3.21. The fraction of sp³-hybridized carbons (Fsp3) is 0.241. The second-order valence-electron chi connectivity index (χ2n) is 8.33. The Morgan fingerprint density at radius 1 is 0.912 bits per heavy atom. The topological polar surface area (TPSA) is 53.9 Å². The smallest absolute Gasteiger partial charge is 0.256 e. The minimum Gasteiger partial charge on any atom is -0.497 e. The number of hydrogen-bond donors (Lipinski definition) is 1. The minimum atomic E-state index is -0.0272. The molecule has 34 heavy (non-hydrogen) atoms. The van der Waals surface area contributed by atoms with Gasteiger partial charge in [-0.05, 0) is 62.6 Å². The van der Waals surface area contributed by atoms with E-state index in [0.717, 1.165) is 50.8 Å². The number of ether oxygens (including phenoxy) is 1. The van der Waals surface area contributed by atoms with Crippen LogP contribution in [0.4, 0.5) is 11.4 Å². The number of allylic oxidation sites excluding steroid dienone is 1. The van der Waals surface area contributed by atoms with Crippen molar-refractivity contribution < 1.29 is 9.53 Å². The van der Waals surface area contributed by atoms with Gasteiger partial charge in [0.25, 0.3) is 5.91 Å². The van der Waals surface area contributed by atoms with Gasteiger partial charge in [0.15, 0.2) is 0 Å². The molecule has 0 aliphatic carbocycles. The number of fused-ring (bicyclic) bond motifs is 1. The monoisotopic (exact) mass is 453 g/mol. The molecule has 0 fully saturated rings. The molecular weight excluding hydrogens is 422 g/mol. The van der Waals surface area contributed by atoms with Crippen LogP contribution in [0.5, 0.6) is 5.75 Å². The second-order valence-corrected chi connectivity index (χ2v) is 8.33. The quantitative estimate of drug-likeness (QED) is 0.456. The molecule has 1 aliphatic rings. The maximum absolute atomic E-state index is 13.9. The van der Waals surface area contributed by atoms with Crippen LogP contribution < -0.4 is 10.1 Å². The lowest BCUT2D eigenvalue weighted by Crippen LogP contribution is -2.32. The Labute approximate surface area is 201 Å². The van der Waals surface area contributed by atoms with Crippen molar-refractivity contribution in [3.8, 4) is 5.75 Å². The average molecular weight is 454 g/mol. The van der Waals surface area contributed by atoms with Gasteiger partial charge in [-0.1, -0.05) is 48.5 Å². The van der Waals surface area contributed by atoms with Crippen LogP contribution in [0.3, 0.4) is 0 Å². The van der Waals surface area contributed by atoms with Crippen LogP contribution in [-0.4, -0.2) is 36.7 Å². The molecule has 5 heteroatoms. The maximum Gasteiger partial charge on any atom is 0.256 e. The Balaban J connectivity index is 2.02. The van der Waals surface area contributed by atoms with Gasteiger partial charge >= 0.3 is 0 Å². The van der Waals surface area contributed by atoms with E-state index in [4.69, 9.17) is 9.73 Å². The first kappa shape index (κ1) is 23.3. The molecule has 1 N–H and O–H groups in total. The van der Waals surface area contributed by atoms with Gasteiger partial charge in [0.2, 0.25) is 0 Å². The maximum atomic E-state index is 13.9. The number of hydrogen-bond acceptors (Lipinski definition) is 4. The number of anilines is 1. The zero-order valence-electron chi connectivity index (χ0n) is 20.5. The van der Waals surface area contributed by atoms with Crippen molar-refractivity contribution >= 4 is 28.6 Å². The lowest BCUT2D eigenvalue weighted by molar-refractivity contribution is -0.124. The molecule has 0 radical (unpaired) electrons. The summed E-state index contributed by atoms with van der Waals surface area (Å²) in [4.78, 5) is 20.8. The summed E-state index contributed by atoms with van der Waals surface area (Å²) >= 11 is 0. The number of para-hydroxylation sites is 2. The van der Waals surface area contributed by atoms with Gasteiger partial charge in [0.1, 0.15) is 5.75 Å². The standard InChI is InChI=1S/C29H31N3O2/c1-6-32(7-2)29(33)25(21-15-17-22(34-5)18-16-21)28-27(30-24-14-9-8-11-19(24)3)23-13-10-12-20(4)26(23)31-28/h8-18,31H,6-7H2,1-5H3/b28-25+,30-27?. The Kier molecular flexibility index (Phi) is 6.82. The van der Waals surface area contributed by atoms with E-state index in [0.29, 0.717) is 18.7 Å². The number of nitrogens with one attached hydrogen (secondary N) is 1. The van der Waals surface area contributed by atoms with Gasteiger partial charge in [-0.3, -0.25) is 4.79 Å². The third kappa shape index (κ3) is 4.34. The summed E-state index contributed by atoms with van der Waals surface area (Å²) in [5.74, 6) is 0.719. The van der Waals surface area contributed by atoms with E-state index >= 15 is 0 Å². The first-order chi connectivity index (χ1) is 16.5. The summed E-state index contributed by atoms with van der Waals surface area (Å²) in [6.45, 7) is 9.37. The third-order valence-corrected chi connectivity index (χ3v) is 6.26. The van der Waals surface area contributed by atoms with Gasteiger partial charge in [0, 0.05) is 18.7 Å². The van der Waals surface area contributed by atoms with E-state index in [1.54, 1.807) is 7.11 Å². The van der Waals surface area contributed by atoms with Crippen molar-refractivity contribution in [3.05, 3.63) is 94.7 Å². The highest BCUT2D eigenvalue weighted by Gasteiger charge is 2.31. The zero-order valence-corrected chi connectivity index (χ0v) is 20.5. The highest BCUT2D eigenvalue weighted by molar-refractivity contribution is 6.34. The number of methoxy groups -OCH3 is 1. The molecule has 0 saturated carbocycles. The van der Waals surface area contributed by atoms with Crippen LogP contribution in [-0.2, 0) is 4.79 Å². The molecule has 1 heterocycles. The molecule has 3 aromatic carbocycles. The number of carbonyl (C=O) groups excluding carboxylic acids is 1. The summed E-state index contributed by atoms with van der Waals surface area (Å²) < 4.78 is 5.35. The first-order valence-corrected chi connectivity index (χ1v) is 11.7. The highest BCUT2D eigenvalue weighted by atomic mass is 16.5. The van der Waals surface area contributed by atoms with Crippen LogP contribution in [0.15, 0.2) is 77.4 Å². The Hall–Kier alpha value is -3.86. The minimum absolute atomic E-state index is 0.0272. The molecular formula is C29H31N3O2. The molecule has 1 amide bonds. The van der Waals surface area contributed by atoms with Crippen LogP contribution in [0.1, 0.15) is 36.1 Å². The number of aliphatic imine (C=N–C) groups is 1. The Morgan fingerprint density at radius 3 is 2.24 bits per heavy atom. The molecule has 0 saturated heterocycles. The van der Waals surface area contributed by atoms with Crippen LogP contribution in [0.25, 0.3) is 5.57 Å². The fourth-order valence-corrected chi connectivity index (χ4v) is 4.26. The molecule has 0 aromatic heterocycles. The summed E-state index contributed by atoms with van der Waals surface area (Å²) in [7, 11) is 1.64. The van der Waals surface area contributed by atoms with Crippen molar-refractivity contribution in [1.29, 1.82) is 0 Å². The normalized spacial score (nSPS) is 15.0. The predicted molar refractivity (Wildman–Crippen MR) is 140 cm³/mol. The van der Waals surface area contributed by atoms with Gasteiger partial charge in [-0.15, -0.1) is 0 Å². The van der Waals surface area contributed by atoms with E-state index in [1.165, 1.54) is 0 Å². The Morgan fingerprint density at radius 2 is 1.59 bits per heavy atom. The number of benzene rings is 3. The summed E-state index contributed by atoms with van der Waals surface area (Å²) in [5, 5.41) is 3.57. The van der Waals surface area contributed by atoms with E-state index in [1.807, 2.05) is 80.3 Å². The molecule has 0 bridgehead atoms. The molecule has 174 valence electrons. The van der Waals surface area contributed by atoms with Gasteiger partial charge < -0.3 is 15.0 Å². The second kappa shape index (κ2) is 9.96. The Bertz CT molecular complexity index is 1270. The van der Waals surface area contributed by atoms with Crippen molar-refractivity contribution in [2.45, 2.75) is 27.7 Å². The van der Waals surface area contributed by atoms with Crippen LogP contribution in [0, 0.1) is 13.8 Å². The zero-order chi connectivity index (χ0) is 24.2. The molecule has 0 atom stereocenters. The fourth-order valence-electron chi connectivity index (χ4n) is 4.26. The van der Waals surface area contributed by atoms with Crippen LogP contribution >= 0.6 is 0 Å². The summed E-state index contributed by atoms with van der Waals surface area (Å²) in [6.07, 6.45) is 0. The summed E-state index contributed by atoms with van der Waals surface area (Å²) in [5.41, 5.74) is 7.99. The third-order valence-electron chi connectivity index (χ3n) is 6.26. The van der Waals surface area contributed by atoms with Crippen molar-refractivity contribution in [2.24, 2.45) is 4.99 Å². The van der Waals surface area contributed by atoms with E-state index in [2.05, 4.69) is 24.4 Å². The van der Waals surface area contributed by atoms with Gasteiger partial charge in [-0.2, -0.15) is 0 Å². The first-order valence-electron chi connectivity index (χ1n) is 11.7. The van der Waals surface area contributed by atoms with E-state index in [-0.39, 0.29) is 5.91 Å².